The van der Waals surface area contributed by atoms with Crippen molar-refractivity contribution in [2.24, 2.45) is 5.92 Å². The van der Waals surface area contributed by atoms with Gasteiger partial charge in [-0.25, -0.2) is 0 Å². The molecule has 0 N–H and O–H groups in total. The Labute approximate surface area is 170 Å². The van der Waals surface area contributed by atoms with Crippen LogP contribution in [0.4, 0.5) is 0 Å². The van der Waals surface area contributed by atoms with Crippen LogP contribution in [0.1, 0.15) is 18.1 Å². The minimum Gasteiger partial charge on any atom is -0.497 e. The summed E-state index contributed by atoms with van der Waals surface area (Å²) in [5.74, 6) is -0.139. The number of furan rings is 1. The van der Waals surface area contributed by atoms with Crippen LogP contribution in [0.15, 0.2) is 59.2 Å². The van der Waals surface area contributed by atoms with Crippen LogP contribution < -0.4 is 4.74 Å². The van der Waals surface area contributed by atoms with E-state index in [1.807, 2.05) is 42.5 Å². The monoisotopic (exact) mass is 395 g/mol. The summed E-state index contributed by atoms with van der Waals surface area (Å²) in [6, 6.07) is 15.2. The van der Waals surface area contributed by atoms with E-state index in [0.717, 1.165) is 16.5 Å². The van der Waals surface area contributed by atoms with E-state index in [-0.39, 0.29) is 24.8 Å². The number of fused-ring (bicyclic) bond motifs is 1. The van der Waals surface area contributed by atoms with Gasteiger partial charge in [0.15, 0.2) is 0 Å². The second-order valence-corrected chi connectivity index (χ2v) is 6.98. The van der Waals surface area contributed by atoms with Crippen LogP contribution in [-0.2, 0) is 27.3 Å². The lowest BCUT2D eigenvalue weighted by Gasteiger charge is -2.25. The van der Waals surface area contributed by atoms with Gasteiger partial charge in [-0.3, -0.25) is 9.59 Å². The van der Waals surface area contributed by atoms with Gasteiger partial charge in [0.2, 0.25) is 5.91 Å². The number of amides is 1. The minimum atomic E-state index is -0.419. The zero-order valence-electron chi connectivity index (χ0n) is 16.9. The molecule has 2 aromatic carbocycles. The summed E-state index contributed by atoms with van der Waals surface area (Å²) >= 11 is 0. The van der Waals surface area contributed by atoms with Crippen molar-refractivity contribution < 1.29 is 23.5 Å². The summed E-state index contributed by atoms with van der Waals surface area (Å²) < 4.78 is 15.6. The molecule has 0 bridgehead atoms. The van der Waals surface area contributed by atoms with Gasteiger partial charge < -0.3 is 18.8 Å². The number of methoxy groups -OCH3 is 2. The van der Waals surface area contributed by atoms with E-state index < -0.39 is 5.92 Å². The molecule has 0 aliphatic rings. The molecule has 0 saturated carbocycles. The number of benzene rings is 2. The van der Waals surface area contributed by atoms with Crippen molar-refractivity contribution in [2.45, 2.75) is 19.9 Å². The van der Waals surface area contributed by atoms with Gasteiger partial charge in [-0.15, -0.1) is 0 Å². The highest BCUT2D eigenvalue weighted by Gasteiger charge is 2.23. The summed E-state index contributed by atoms with van der Waals surface area (Å²) in [7, 11) is 2.95. The number of nitrogens with zero attached hydrogens (tertiary/aromatic N) is 1. The molecular formula is C23H25NO5. The number of carbonyl (C=O) groups is 2. The zero-order chi connectivity index (χ0) is 20.8. The van der Waals surface area contributed by atoms with Gasteiger partial charge in [-0.1, -0.05) is 37.3 Å². The number of rotatable bonds is 8. The second-order valence-electron chi connectivity index (χ2n) is 6.98. The van der Waals surface area contributed by atoms with Crippen molar-refractivity contribution in [2.75, 3.05) is 20.8 Å². The highest BCUT2D eigenvalue weighted by Crippen LogP contribution is 2.26. The Morgan fingerprint density at radius 2 is 1.86 bits per heavy atom. The van der Waals surface area contributed by atoms with Crippen molar-refractivity contribution >= 4 is 22.8 Å². The third kappa shape index (κ3) is 4.96. The van der Waals surface area contributed by atoms with Gasteiger partial charge in [0, 0.05) is 30.1 Å². The van der Waals surface area contributed by atoms with Crippen LogP contribution in [0.25, 0.3) is 11.0 Å². The van der Waals surface area contributed by atoms with E-state index in [0.29, 0.717) is 17.9 Å². The number of carbonyl (C=O) groups excluding carboxylic acids is 2. The fraction of sp³-hybridized carbons (Fsp3) is 0.304. The predicted molar refractivity (Wildman–Crippen MR) is 110 cm³/mol. The first kappa shape index (κ1) is 20.5. The molecule has 152 valence electrons. The molecule has 1 aromatic heterocycles. The molecule has 0 saturated heterocycles. The minimum absolute atomic E-state index is 0.0804. The average molecular weight is 395 g/mol. The molecule has 0 radical (unpaired) electrons. The van der Waals surface area contributed by atoms with Crippen LogP contribution in [0.2, 0.25) is 0 Å². The van der Waals surface area contributed by atoms with Crippen molar-refractivity contribution in [1.29, 1.82) is 0 Å². The number of hydrogen-bond acceptors (Lipinski definition) is 5. The predicted octanol–water partition coefficient (Wildman–Crippen LogP) is 3.82. The highest BCUT2D eigenvalue weighted by molar-refractivity contribution is 5.88. The molecular weight excluding hydrogens is 370 g/mol. The summed E-state index contributed by atoms with van der Waals surface area (Å²) in [6.45, 7) is 2.46. The first-order valence-corrected chi connectivity index (χ1v) is 9.45. The lowest BCUT2D eigenvalue weighted by Crippen LogP contribution is -2.37. The molecule has 3 aromatic rings. The van der Waals surface area contributed by atoms with E-state index in [1.54, 1.807) is 31.3 Å². The Morgan fingerprint density at radius 3 is 2.55 bits per heavy atom. The Morgan fingerprint density at radius 1 is 1.10 bits per heavy atom. The van der Waals surface area contributed by atoms with E-state index >= 15 is 0 Å². The third-order valence-electron chi connectivity index (χ3n) is 4.87. The molecule has 0 spiro atoms. The van der Waals surface area contributed by atoms with Gasteiger partial charge in [0.05, 0.1) is 32.8 Å². The second kappa shape index (κ2) is 9.28. The fourth-order valence-corrected chi connectivity index (χ4v) is 3.27. The molecule has 29 heavy (non-hydrogen) atoms. The van der Waals surface area contributed by atoms with Crippen LogP contribution >= 0.6 is 0 Å². The fourth-order valence-electron chi connectivity index (χ4n) is 3.27. The number of hydrogen-bond donors (Lipinski definition) is 0. The maximum Gasteiger partial charge on any atom is 0.310 e. The van der Waals surface area contributed by atoms with E-state index in [1.165, 1.54) is 7.11 Å². The molecule has 1 atom stereocenters. The highest BCUT2D eigenvalue weighted by atomic mass is 16.5. The summed E-state index contributed by atoms with van der Waals surface area (Å²) in [6.07, 6.45) is 1.78. The quantitative estimate of drug-likeness (QED) is 0.543. The molecule has 1 unspecified atom stereocenters. The SMILES string of the molecule is COC(=O)C(C)CN(Cc1ccccc1)C(=O)Cc1coc2cc(OC)ccc12. The van der Waals surface area contributed by atoms with Gasteiger partial charge in [0.25, 0.3) is 0 Å². The zero-order valence-corrected chi connectivity index (χ0v) is 16.9. The van der Waals surface area contributed by atoms with Crippen LogP contribution in [-0.4, -0.2) is 37.5 Å². The topological polar surface area (TPSA) is 69.0 Å². The summed E-state index contributed by atoms with van der Waals surface area (Å²) in [5, 5.41) is 0.875. The first-order chi connectivity index (χ1) is 14.0. The van der Waals surface area contributed by atoms with Crippen molar-refractivity contribution in [1.82, 2.24) is 4.90 Å². The Bertz CT molecular complexity index is 979. The molecule has 6 heteroatoms. The van der Waals surface area contributed by atoms with E-state index in [2.05, 4.69) is 0 Å². The van der Waals surface area contributed by atoms with Crippen LogP contribution in [0.3, 0.4) is 0 Å². The van der Waals surface area contributed by atoms with Gasteiger partial charge >= 0.3 is 5.97 Å². The normalized spacial score (nSPS) is 11.8. The van der Waals surface area contributed by atoms with Gasteiger partial charge in [0.1, 0.15) is 11.3 Å². The van der Waals surface area contributed by atoms with Crippen LogP contribution in [0, 0.1) is 5.92 Å². The Hall–Kier alpha value is -3.28. The summed E-state index contributed by atoms with van der Waals surface area (Å²) in [5.41, 5.74) is 2.47. The summed E-state index contributed by atoms with van der Waals surface area (Å²) in [4.78, 5) is 26.7. The van der Waals surface area contributed by atoms with Crippen molar-refractivity contribution in [3.63, 3.8) is 0 Å². The molecule has 0 aliphatic carbocycles. The van der Waals surface area contributed by atoms with E-state index in [4.69, 9.17) is 13.9 Å². The largest absolute Gasteiger partial charge is 0.497 e. The smallest absolute Gasteiger partial charge is 0.310 e. The van der Waals surface area contributed by atoms with Crippen LogP contribution in [0.5, 0.6) is 5.75 Å². The van der Waals surface area contributed by atoms with Crippen molar-refractivity contribution in [3.8, 4) is 5.75 Å². The lowest BCUT2D eigenvalue weighted by molar-refractivity contribution is -0.146. The molecule has 3 rings (SSSR count). The van der Waals surface area contributed by atoms with Crippen molar-refractivity contribution in [3.05, 3.63) is 65.9 Å². The van der Waals surface area contributed by atoms with Gasteiger partial charge in [-0.05, 0) is 17.7 Å². The Balaban J connectivity index is 1.81. The van der Waals surface area contributed by atoms with Gasteiger partial charge in [-0.2, -0.15) is 0 Å². The molecule has 1 heterocycles. The maximum absolute atomic E-state index is 13.1. The Kier molecular flexibility index (Phi) is 6.54. The molecule has 6 nitrogen and oxygen atoms in total. The standard InChI is InChI=1S/C23H25NO5/c1-16(23(26)28-3)13-24(14-17-7-5-4-6-8-17)22(25)11-18-15-29-21-12-19(27-2)9-10-20(18)21/h4-10,12,15-16H,11,13-14H2,1-3H3. The average Bonchev–Trinajstić information content (AvgIpc) is 3.15. The maximum atomic E-state index is 13.1. The molecule has 0 aliphatic heterocycles. The third-order valence-corrected chi connectivity index (χ3v) is 4.87. The number of ether oxygens (including phenoxy) is 2. The number of esters is 1. The first-order valence-electron chi connectivity index (χ1n) is 9.45. The molecule has 0 fully saturated rings. The molecule has 1 amide bonds. The van der Waals surface area contributed by atoms with E-state index in [9.17, 15) is 9.59 Å². The lowest BCUT2D eigenvalue weighted by atomic mass is 10.1.